The van der Waals surface area contributed by atoms with Crippen LogP contribution in [0.15, 0.2) is 17.4 Å². The number of hydrogen-bond donors (Lipinski definition) is 1. The molecule has 84 valence electrons. The van der Waals surface area contributed by atoms with Gasteiger partial charge < -0.3 is 5.73 Å². The van der Waals surface area contributed by atoms with Gasteiger partial charge in [0.15, 0.2) is 9.62 Å². The average Bonchev–Trinajstić information content (AvgIpc) is 2.60. The van der Waals surface area contributed by atoms with Crippen LogP contribution in [-0.4, -0.2) is 15.0 Å². The first-order valence-corrected chi connectivity index (χ1v) is 6.65. The summed E-state index contributed by atoms with van der Waals surface area (Å²) in [6, 6.07) is 1.74. The summed E-state index contributed by atoms with van der Waals surface area (Å²) in [5, 5.41) is 0.682. The summed E-state index contributed by atoms with van der Waals surface area (Å²) in [5.74, 6) is 1.25. The number of anilines is 1. The molecule has 0 radical (unpaired) electrons. The number of aromatic nitrogens is 3. The lowest BCUT2D eigenvalue weighted by Crippen LogP contribution is -1.96. The summed E-state index contributed by atoms with van der Waals surface area (Å²) >= 11 is 8.73. The summed E-state index contributed by atoms with van der Waals surface area (Å²) in [6.45, 7) is 1.89. The van der Waals surface area contributed by atoms with Crippen molar-refractivity contribution in [2.45, 2.75) is 17.8 Å². The fourth-order valence-electron chi connectivity index (χ4n) is 1.12. The van der Waals surface area contributed by atoms with Gasteiger partial charge in [-0.3, -0.25) is 0 Å². The van der Waals surface area contributed by atoms with Crippen molar-refractivity contribution in [2.75, 3.05) is 5.73 Å². The molecule has 2 aromatic rings. The van der Waals surface area contributed by atoms with Crippen molar-refractivity contribution in [3.05, 3.63) is 27.3 Å². The highest BCUT2D eigenvalue weighted by atomic mass is 35.5. The van der Waals surface area contributed by atoms with Crippen LogP contribution in [0.25, 0.3) is 0 Å². The van der Waals surface area contributed by atoms with Gasteiger partial charge in [0, 0.05) is 28.6 Å². The van der Waals surface area contributed by atoms with Gasteiger partial charge in [-0.25, -0.2) is 15.0 Å². The fourth-order valence-corrected chi connectivity index (χ4v) is 3.03. The minimum atomic E-state index is 0.498. The Morgan fingerprint density at radius 3 is 2.94 bits per heavy atom. The van der Waals surface area contributed by atoms with Crippen LogP contribution in [0.3, 0.4) is 0 Å². The quantitative estimate of drug-likeness (QED) is 0.687. The average molecular weight is 273 g/mol. The second-order valence-electron chi connectivity index (χ2n) is 3.08. The minimum Gasteiger partial charge on any atom is -0.384 e. The normalized spacial score (nSPS) is 10.6. The van der Waals surface area contributed by atoms with E-state index in [0.717, 1.165) is 16.3 Å². The zero-order valence-corrected chi connectivity index (χ0v) is 10.9. The van der Waals surface area contributed by atoms with Crippen molar-refractivity contribution in [3.8, 4) is 0 Å². The highest BCUT2D eigenvalue weighted by Crippen LogP contribution is 2.25. The molecule has 4 nitrogen and oxygen atoms in total. The van der Waals surface area contributed by atoms with Crippen molar-refractivity contribution in [3.63, 3.8) is 0 Å². The van der Waals surface area contributed by atoms with Gasteiger partial charge in [0.2, 0.25) is 0 Å². The Hall–Kier alpha value is -0.850. The summed E-state index contributed by atoms with van der Waals surface area (Å²) in [6.07, 6.45) is 1.76. The third-order valence-corrected chi connectivity index (χ3v) is 3.92. The highest BCUT2D eigenvalue weighted by Gasteiger charge is 2.04. The number of hydrogen-bond acceptors (Lipinski definition) is 6. The van der Waals surface area contributed by atoms with Crippen molar-refractivity contribution in [2.24, 2.45) is 0 Å². The Balaban J connectivity index is 2.04. The van der Waals surface area contributed by atoms with E-state index in [4.69, 9.17) is 17.3 Å². The van der Waals surface area contributed by atoms with E-state index in [1.54, 1.807) is 12.3 Å². The largest absolute Gasteiger partial charge is 0.384 e. The molecule has 0 spiro atoms. The van der Waals surface area contributed by atoms with Gasteiger partial charge >= 0.3 is 0 Å². The van der Waals surface area contributed by atoms with E-state index in [1.807, 2.05) is 6.92 Å². The smallest absolute Gasteiger partial charge is 0.190 e. The molecule has 0 aliphatic rings. The van der Waals surface area contributed by atoms with E-state index in [-0.39, 0.29) is 0 Å². The van der Waals surface area contributed by atoms with E-state index in [1.165, 1.54) is 23.1 Å². The van der Waals surface area contributed by atoms with Crippen LogP contribution < -0.4 is 5.73 Å². The summed E-state index contributed by atoms with van der Waals surface area (Å²) < 4.78 is 0.556. The van der Waals surface area contributed by atoms with Gasteiger partial charge in [0.1, 0.15) is 5.82 Å². The fraction of sp³-hybridized carbons (Fsp3) is 0.222. The summed E-state index contributed by atoms with van der Waals surface area (Å²) in [4.78, 5) is 13.5. The van der Waals surface area contributed by atoms with Crippen LogP contribution >= 0.6 is 34.7 Å². The molecule has 0 saturated carbocycles. The molecule has 0 atom stereocenters. The first kappa shape index (κ1) is 11.6. The molecule has 0 aliphatic carbocycles. The molecule has 2 N–H and O–H groups in total. The van der Waals surface area contributed by atoms with Crippen LogP contribution in [0.5, 0.6) is 0 Å². The molecule has 0 unspecified atom stereocenters. The van der Waals surface area contributed by atoms with Gasteiger partial charge in [-0.05, 0) is 6.92 Å². The Kier molecular flexibility index (Phi) is 3.63. The first-order valence-electron chi connectivity index (χ1n) is 4.47. The lowest BCUT2D eigenvalue weighted by molar-refractivity contribution is 0.940. The molecular formula is C9H9ClN4S2. The zero-order chi connectivity index (χ0) is 11.5. The number of aryl methyl sites for hydroxylation is 1. The number of nitrogen functional groups attached to an aromatic ring is 1. The molecule has 0 bridgehead atoms. The Bertz CT molecular complexity index is 480. The van der Waals surface area contributed by atoms with Crippen LogP contribution in [0.2, 0.25) is 4.47 Å². The molecule has 2 heterocycles. The molecule has 7 heteroatoms. The number of thioether (sulfide) groups is 1. The van der Waals surface area contributed by atoms with Crippen molar-refractivity contribution < 1.29 is 0 Å². The van der Waals surface area contributed by atoms with Gasteiger partial charge in [-0.2, -0.15) is 0 Å². The van der Waals surface area contributed by atoms with E-state index in [0.29, 0.717) is 15.4 Å². The van der Waals surface area contributed by atoms with Crippen molar-refractivity contribution in [1.82, 2.24) is 15.0 Å². The summed E-state index contributed by atoms with van der Waals surface area (Å²) in [7, 11) is 0. The van der Waals surface area contributed by atoms with Gasteiger partial charge in [-0.1, -0.05) is 23.4 Å². The molecule has 2 rings (SSSR count). The first-order chi connectivity index (χ1) is 7.63. The highest BCUT2D eigenvalue weighted by molar-refractivity contribution is 7.98. The molecule has 16 heavy (non-hydrogen) atoms. The number of nitrogens with zero attached hydrogens (tertiary/aromatic N) is 3. The number of thiazole rings is 1. The van der Waals surface area contributed by atoms with Gasteiger partial charge in [-0.15, -0.1) is 11.3 Å². The van der Waals surface area contributed by atoms with E-state index < -0.39 is 0 Å². The van der Waals surface area contributed by atoms with E-state index >= 15 is 0 Å². The second-order valence-corrected chi connectivity index (χ2v) is 5.72. The maximum Gasteiger partial charge on any atom is 0.190 e. The lowest BCUT2D eigenvalue weighted by Gasteiger charge is -2.00. The van der Waals surface area contributed by atoms with Crippen LogP contribution in [-0.2, 0) is 5.75 Å². The molecule has 0 saturated heterocycles. The van der Waals surface area contributed by atoms with Crippen molar-refractivity contribution in [1.29, 1.82) is 0 Å². The second kappa shape index (κ2) is 4.99. The van der Waals surface area contributed by atoms with Crippen LogP contribution in [0.4, 0.5) is 5.82 Å². The molecule has 0 aromatic carbocycles. The molecule has 0 aliphatic heterocycles. The molecule has 2 aromatic heterocycles. The molecular weight excluding hydrogens is 264 g/mol. The maximum absolute atomic E-state index is 5.74. The van der Waals surface area contributed by atoms with E-state index in [9.17, 15) is 0 Å². The summed E-state index contributed by atoms with van der Waals surface area (Å²) in [5.41, 5.74) is 6.51. The standard InChI is InChI=1S/C9H9ClN4S2/c1-5-2-7(11)14-9(13-5)15-4-6-3-12-8(10)16-6/h2-3H,4H2,1H3,(H2,11,13,14). The predicted molar refractivity (Wildman–Crippen MR) is 67.9 cm³/mol. The third kappa shape index (κ3) is 3.07. The molecule has 0 fully saturated rings. The molecule has 0 amide bonds. The van der Waals surface area contributed by atoms with Gasteiger partial charge in [0.05, 0.1) is 0 Å². The Morgan fingerprint density at radius 2 is 2.31 bits per heavy atom. The van der Waals surface area contributed by atoms with Crippen LogP contribution in [0, 0.1) is 6.92 Å². The maximum atomic E-state index is 5.74. The van der Waals surface area contributed by atoms with Crippen LogP contribution in [0.1, 0.15) is 10.6 Å². The Morgan fingerprint density at radius 1 is 1.50 bits per heavy atom. The van der Waals surface area contributed by atoms with Crippen molar-refractivity contribution >= 4 is 40.5 Å². The van der Waals surface area contributed by atoms with E-state index in [2.05, 4.69) is 15.0 Å². The number of halogens is 1. The van der Waals surface area contributed by atoms with Gasteiger partial charge in [0.25, 0.3) is 0 Å². The third-order valence-electron chi connectivity index (χ3n) is 1.72. The SMILES string of the molecule is Cc1cc(N)nc(SCc2cnc(Cl)s2)n1. The zero-order valence-electron chi connectivity index (χ0n) is 8.48. The minimum absolute atomic E-state index is 0.498. The Labute approximate surface area is 106 Å². The number of nitrogens with two attached hydrogens (primary N) is 1. The predicted octanol–water partition coefficient (Wildman–Crippen LogP) is 2.77. The lowest BCUT2D eigenvalue weighted by atomic mass is 10.4. The number of rotatable bonds is 3. The topological polar surface area (TPSA) is 64.7 Å². The monoisotopic (exact) mass is 272 g/mol.